The van der Waals surface area contributed by atoms with Crippen molar-refractivity contribution in [2.24, 2.45) is 5.92 Å². The molecule has 0 radical (unpaired) electrons. The Hall–Kier alpha value is -0.220. The summed E-state index contributed by atoms with van der Waals surface area (Å²) >= 11 is 1.92. The third-order valence-corrected chi connectivity index (χ3v) is 4.00. The van der Waals surface area contributed by atoms with Crippen LogP contribution in [0.2, 0.25) is 0 Å². The number of carbonyl (C=O) groups excluding carboxylic acids is 1. The molecule has 0 spiro atoms. The van der Waals surface area contributed by atoms with E-state index in [0.717, 1.165) is 18.1 Å². The second-order valence-corrected chi connectivity index (χ2v) is 5.92. The van der Waals surface area contributed by atoms with Gasteiger partial charge in [0.1, 0.15) is 6.04 Å². The highest BCUT2D eigenvalue weighted by Crippen LogP contribution is 2.13. The Balaban J connectivity index is 3.87. The third-order valence-electron chi connectivity index (χ3n) is 2.67. The molecule has 102 valence electrons. The van der Waals surface area contributed by atoms with Gasteiger partial charge in [0.15, 0.2) is 0 Å². The molecule has 0 aliphatic carbocycles. The fourth-order valence-electron chi connectivity index (χ4n) is 1.42. The maximum atomic E-state index is 11.5. The van der Waals surface area contributed by atoms with Crippen LogP contribution >= 0.6 is 11.8 Å². The molecule has 0 aromatic heterocycles. The number of hydrogen-bond acceptors (Lipinski definition) is 4. The number of ether oxygens (including phenoxy) is 1. The Kier molecular flexibility index (Phi) is 9.65. The zero-order chi connectivity index (χ0) is 13.3. The number of thioether (sulfide) groups is 1. The van der Waals surface area contributed by atoms with Gasteiger partial charge in [-0.2, -0.15) is 11.8 Å². The van der Waals surface area contributed by atoms with Gasteiger partial charge in [-0.25, -0.2) is 0 Å². The van der Waals surface area contributed by atoms with Crippen molar-refractivity contribution in [2.45, 2.75) is 52.6 Å². The van der Waals surface area contributed by atoms with Gasteiger partial charge in [-0.3, -0.25) is 4.79 Å². The highest BCUT2D eigenvalue weighted by molar-refractivity contribution is 7.99. The van der Waals surface area contributed by atoms with Crippen LogP contribution in [0.5, 0.6) is 0 Å². The number of methoxy groups -OCH3 is 1. The minimum Gasteiger partial charge on any atom is -0.468 e. The van der Waals surface area contributed by atoms with Gasteiger partial charge in [-0.1, -0.05) is 34.1 Å². The number of rotatable bonds is 9. The van der Waals surface area contributed by atoms with Crippen LogP contribution in [0.1, 0.15) is 40.5 Å². The van der Waals surface area contributed by atoms with Gasteiger partial charge in [0.25, 0.3) is 0 Å². The lowest BCUT2D eigenvalue weighted by Gasteiger charge is -2.19. The molecule has 2 atom stereocenters. The summed E-state index contributed by atoms with van der Waals surface area (Å²) < 4.78 is 4.80. The first-order valence-electron chi connectivity index (χ1n) is 6.42. The van der Waals surface area contributed by atoms with Crippen molar-refractivity contribution in [3.8, 4) is 0 Å². The quantitative estimate of drug-likeness (QED) is 0.511. The molecule has 0 amide bonds. The summed E-state index contributed by atoms with van der Waals surface area (Å²) in [5, 5.41) is 3.24. The van der Waals surface area contributed by atoms with Crippen LogP contribution in [0, 0.1) is 5.92 Å². The molecule has 0 fully saturated rings. The molecule has 0 heterocycles. The van der Waals surface area contributed by atoms with Gasteiger partial charge >= 0.3 is 5.97 Å². The first-order chi connectivity index (χ1) is 8.01. The van der Waals surface area contributed by atoms with E-state index in [4.69, 9.17) is 4.74 Å². The number of esters is 1. The predicted octanol–water partition coefficient (Wildman–Crippen LogP) is 2.70. The van der Waals surface area contributed by atoms with Gasteiger partial charge in [-0.15, -0.1) is 0 Å². The van der Waals surface area contributed by atoms with Crippen LogP contribution in [-0.4, -0.2) is 36.7 Å². The molecule has 4 heteroatoms. The molecule has 0 aromatic carbocycles. The smallest absolute Gasteiger partial charge is 0.322 e. The van der Waals surface area contributed by atoms with Crippen LogP contribution in [0.3, 0.4) is 0 Å². The highest BCUT2D eigenvalue weighted by Gasteiger charge is 2.19. The first-order valence-corrected chi connectivity index (χ1v) is 7.58. The van der Waals surface area contributed by atoms with Crippen molar-refractivity contribution in [1.29, 1.82) is 0 Å². The lowest BCUT2D eigenvalue weighted by molar-refractivity contribution is -0.143. The van der Waals surface area contributed by atoms with Gasteiger partial charge in [0, 0.05) is 6.04 Å². The van der Waals surface area contributed by atoms with E-state index in [1.807, 2.05) is 25.6 Å². The Morgan fingerprint density at radius 2 is 2.00 bits per heavy atom. The van der Waals surface area contributed by atoms with E-state index in [1.165, 1.54) is 19.3 Å². The van der Waals surface area contributed by atoms with Crippen LogP contribution in [0.15, 0.2) is 0 Å². The Morgan fingerprint density at radius 3 is 2.47 bits per heavy atom. The second kappa shape index (κ2) is 9.77. The first kappa shape index (κ1) is 16.8. The normalized spacial score (nSPS) is 14.7. The third kappa shape index (κ3) is 8.50. The molecule has 1 N–H and O–H groups in total. The monoisotopic (exact) mass is 261 g/mol. The summed E-state index contributed by atoms with van der Waals surface area (Å²) in [6, 6.07) is 0.142. The van der Waals surface area contributed by atoms with Gasteiger partial charge in [-0.05, 0) is 23.8 Å². The number of nitrogens with one attached hydrogen (secondary N) is 1. The van der Waals surface area contributed by atoms with E-state index in [2.05, 4.69) is 19.2 Å². The summed E-state index contributed by atoms with van der Waals surface area (Å²) in [7, 11) is 1.45. The van der Waals surface area contributed by atoms with Crippen molar-refractivity contribution < 1.29 is 9.53 Å². The minimum atomic E-state index is -0.163. The van der Waals surface area contributed by atoms with Crippen LogP contribution in [0.25, 0.3) is 0 Å². The largest absolute Gasteiger partial charge is 0.468 e. The van der Waals surface area contributed by atoms with Crippen LogP contribution in [-0.2, 0) is 9.53 Å². The highest BCUT2D eigenvalue weighted by atomic mass is 32.2. The second-order valence-electron chi connectivity index (χ2n) is 4.77. The van der Waals surface area contributed by atoms with Gasteiger partial charge in [0.05, 0.1) is 7.11 Å². The topological polar surface area (TPSA) is 38.3 Å². The van der Waals surface area contributed by atoms with E-state index in [-0.39, 0.29) is 12.0 Å². The zero-order valence-electron chi connectivity index (χ0n) is 11.8. The standard InChI is InChI=1S/C13H27NO2S/c1-6-11(4)9-17-8-7-12(13(15)16-5)14-10(2)3/h10-12,14H,6-9H2,1-5H3. The van der Waals surface area contributed by atoms with Crippen molar-refractivity contribution >= 4 is 17.7 Å². The Bertz CT molecular complexity index is 210. The average Bonchev–Trinajstić information content (AvgIpc) is 2.31. The van der Waals surface area contributed by atoms with Crippen molar-refractivity contribution in [1.82, 2.24) is 5.32 Å². The summed E-state index contributed by atoms with van der Waals surface area (Å²) in [4.78, 5) is 11.5. The molecular weight excluding hydrogens is 234 g/mol. The van der Waals surface area contributed by atoms with Gasteiger partial charge in [0.2, 0.25) is 0 Å². The van der Waals surface area contributed by atoms with E-state index in [9.17, 15) is 4.79 Å². The summed E-state index contributed by atoms with van der Waals surface area (Å²) in [6.45, 7) is 8.56. The molecule has 0 rings (SSSR count). The van der Waals surface area contributed by atoms with Crippen molar-refractivity contribution in [3.63, 3.8) is 0 Å². The maximum absolute atomic E-state index is 11.5. The molecule has 0 bridgehead atoms. The average molecular weight is 261 g/mol. The summed E-state index contributed by atoms with van der Waals surface area (Å²) in [6.07, 6.45) is 2.06. The molecule has 17 heavy (non-hydrogen) atoms. The lowest BCUT2D eigenvalue weighted by Crippen LogP contribution is -2.42. The molecule has 3 nitrogen and oxygen atoms in total. The Labute approximate surface area is 110 Å². The van der Waals surface area contributed by atoms with Crippen molar-refractivity contribution in [2.75, 3.05) is 18.6 Å². The fraction of sp³-hybridized carbons (Fsp3) is 0.923. The van der Waals surface area contributed by atoms with Crippen LogP contribution < -0.4 is 5.32 Å². The number of carbonyl (C=O) groups is 1. The van der Waals surface area contributed by atoms with Gasteiger partial charge < -0.3 is 10.1 Å². The molecule has 0 aromatic rings. The molecule has 2 unspecified atom stereocenters. The SMILES string of the molecule is CCC(C)CSCCC(NC(C)C)C(=O)OC. The van der Waals surface area contributed by atoms with E-state index in [1.54, 1.807) is 0 Å². The molecular formula is C13H27NO2S. The van der Waals surface area contributed by atoms with Crippen molar-refractivity contribution in [3.05, 3.63) is 0 Å². The van der Waals surface area contributed by atoms with E-state index in [0.29, 0.717) is 6.04 Å². The molecule has 0 saturated carbocycles. The zero-order valence-corrected chi connectivity index (χ0v) is 12.6. The summed E-state index contributed by atoms with van der Waals surface area (Å²) in [5.41, 5.74) is 0. The Morgan fingerprint density at radius 1 is 1.35 bits per heavy atom. The maximum Gasteiger partial charge on any atom is 0.322 e. The molecule has 0 aliphatic heterocycles. The lowest BCUT2D eigenvalue weighted by atomic mass is 10.2. The predicted molar refractivity (Wildman–Crippen MR) is 75.5 cm³/mol. The molecule has 0 saturated heterocycles. The molecule has 0 aliphatic rings. The van der Waals surface area contributed by atoms with E-state index >= 15 is 0 Å². The van der Waals surface area contributed by atoms with E-state index < -0.39 is 0 Å². The fourth-order valence-corrected chi connectivity index (χ4v) is 2.62. The van der Waals surface area contributed by atoms with Crippen LogP contribution in [0.4, 0.5) is 0 Å². The summed E-state index contributed by atoms with van der Waals surface area (Å²) in [5.74, 6) is 2.79. The number of hydrogen-bond donors (Lipinski definition) is 1. The minimum absolute atomic E-state index is 0.150.